The van der Waals surface area contributed by atoms with Gasteiger partial charge >= 0.3 is 0 Å². The third kappa shape index (κ3) is 3.77. The molecule has 1 N–H and O–H groups in total. The van der Waals surface area contributed by atoms with Crippen LogP contribution in [0.3, 0.4) is 0 Å². The van der Waals surface area contributed by atoms with Crippen LogP contribution >= 0.6 is 0 Å². The van der Waals surface area contributed by atoms with Gasteiger partial charge in [0.05, 0.1) is 11.9 Å². The molecule has 0 spiro atoms. The Labute approximate surface area is 140 Å². The molecule has 1 aromatic carbocycles. The van der Waals surface area contributed by atoms with Gasteiger partial charge in [0.1, 0.15) is 5.82 Å². The van der Waals surface area contributed by atoms with E-state index in [1.165, 1.54) is 10.9 Å². The summed E-state index contributed by atoms with van der Waals surface area (Å²) in [6.45, 7) is 3.70. The second-order valence-corrected chi connectivity index (χ2v) is 7.15. The molecule has 0 bridgehead atoms. The maximum atomic E-state index is 12.4. The van der Waals surface area contributed by atoms with Gasteiger partial charge in [-0.25, -0.2) is 18.4 Å². The van der Waals surface area contributed by atoms with E-state index in [2.05, 4.69) is 19.8 Å². The third-order valence-electron chi connectivity index (χ3n) is 3.26. The van der Waals surface area contributed by atoms with E-state index < -0.39 is 10.0 Å². The summed E-state index contributed by atoms with van der Waals surface area (Å²) in [6, 6.07) is 12.4. The lowest BCUT2D eigenvalue weighted by atomic mass is 10.2. The van der Waals surface area contributed by atoms with Crippen LogP contribution in [0.25, 0.3) is 5.95 Å². The van der Waals surface area contributed by atoms with Crippen molar-refractivity contribution in [3.63, 3.8) is 0 Å². The van der Waals surface area contributed by atoms with Gasteiger partial charge in [-0.1, -0.05) is 30.3 Å². The van der Waals surface area contributed by atoms with E-state index in [4.69, 9.17) is 0 Å². The molecule has 0 amide bonds. The molecule has 3 aromatic rings. The monoisotopic (exact) mass is 343 g/mol. The second-order valence-electron chi connectivity index (χ2n) is 5.43. The number of anilines is 1. The van der Waals surface area contributed by atoms with Gasteiger partial charge in [0.15, 0.2) is 0 Å². The Kier molecular flexibility index (Phi) is 4.30. The minimum Gasteiger partial charge on any atom is -0.267 e. The molecular formula is C16H17N5O2S. The first-order chi connectivity index (χ1) is 11.4. The number of hydrogen-bond donors (Lipinski definition) is 1. The van der Waals surface area contributed by atoms with Crippen LogP contribution in [-0.2, 0) is 15.8 Å². The predicted molar refractivity (Wildman–Crippen MR) is 91.3 cm³/mol. The highest BCUT2D eigenvalue weighted by molar-refractivity contribution is 7.91. The zero-order valence-electron chi connectivity index (χ0n) is 13.3. The molecule has 0 aliphatic rings. The lowest BCUT2D eigenvalue weighted by Gasteiger charge is -2.10. The first kappa shape index (κ1) is 16.1. The van der Waals surface area contributed by atoms with E-state index >= 15 is 0 Å². The summed E-state index contributed by atoms with van der Waals surface area (Å²) < 4.78 is 28.7. The quantitative estimate of drug-likeness (QED) is 0.767. The molecule has 2 heterocycles. The van der Waals surface area contributed by atoms with Crippen molar-refractivity contribution in [3.8, 4) is 5.95 Å². The highest BCUT2D eigenvalue weighted by atomic mass is 32.2. The van der Waals surface area contributed by atoms with E-state index in [-0.39, 0.29) is 5.75 Å². The first-order valence-electron chi connectivity index (χ1n) is 7.34. The van der Waals surface area contributed by atoms with Crippen molar-refractivity contribution in [2.45, 2.75) is 19.6 Å². The maximum absolute atomic E-state index is 12.4. The molecule has 0 aliphatic carbocycles. The van der Waals surface area contributed by atoms with Crippen molar-refractivity contribution >= 4 is 15.8 Å². The number of rotatable bonds is 5. The van der Waals surface area contributed by atoms with Gasteiger partial charge in [-0.05, 0) is 25.5 Å². The Bertz CT molecular complexity index is 931. The fourth-order valence-electron chi connectivity index (χ4n) is 2.33. The minimum atomic E-state index is -3.57. The normalized spacial score (nSPS) is 11.4. The predicted octanol–water partition coefficient (Wildman–Crippen LogP) is 2.22. The molecular weight excluding hydrogens is 326 g/mol. The van der Waals surface area contributed by atoms with Crippen molar-refractivity contribution in [1.82, 2.24) is 19.7 Å². The van der Waals surface area contributed by atoms with E-state index in [1.807, 2.05) is 26.0 Å². The molecule has 0 saturated carbocycles. The number of aromatic nitrogens is 4. The van der Waals surface area contributed by atoms with Crippen molar-refractivity contribution in [3.05, 3.63) is 65.6 Å². The summed E-state index contributed by atoms with van der Waals surface area (Å²) in [5, 5.41) is 4.12. The zero-order chi connectivity index (χ0) is 17.2. The Balaban J connectivity index is 1.88. The number of sulfonamides is 1. The van der Waals surface area contributed by atoms with Crippen LogP contribution in [0.4, 0.5) is 5.82 Å². The van der Waals surface area contributed by atoms with Crippen molar-refractivity contribution < 1.29 is 8.42 Å². The Morgan fingerprint density at radius 2 is 1.71 bits per heavy atom. The molecule has 0 saturated heterocycles. The lowest BCUT2D eigenvalue weighted by molar-refractivity contribution is 0.600. The SMILES string of the molecule is Cc1cc(C)nc(-n2nccc2NS(=O)(=O)Cc2ccccc2)n1. The highest BCUT2D eigenvalue weighted by Crippen LogP contribution is 2.16. The average molecular weight is 343 g/mol. The van der Waals surface area contributed by atoms with E-state index in [0.29, 0.717) is 17.3 Å². The summed E-state index contributed by atoms with van der Waals surface area (Å²) in [7, 11) is -3.57. The Hall–Kier alpha value is -2.74. The fourth-order valence-corrected chi connectivity index (χ4v) is 3.51. The van der Waals surface area contributed by atoms with Gasteiger partial charge in [0.25, 0.3) is 5.95 Å². The maximum Gasteiger partial charge on any atom is 0.252 e. The van der Waals surface area contributed by atoms with Gasteiger partial charge in [-0.15, -0.1) is 0 Å². The number of hydrogen-bond acceptors (Lipinski definition) is 5. The smallest absolute Gasteiger partial charge is 0.252 e. The van der Waals surface area contributed by atoms with E-state index in [0.717, 1.165) is 11.4 Å². The summed E-state index contributed by atoms with van der Waals surface area (Å²) >= 11 is 0. The molecule has 8 heteroatoms. The van der Waals surface area contributed by atoms with Crippen LogP contribution in [0.2, 0.25) is 0 Å². The molecule has 0 fully saturated rings. The van der Waals surface area contributed by atoms with Crippen LogP contribution in [0.5, 0.6) is 0 Å². The third-order valence-corrected chi connectivity index (χ3v) is 4.50. The lowest BCUT2D eigenvalue weighted by Crippen LogP contribution is -2.18. The second kappa shape index (κ2) is 6.40. The number of aryl methyl sites for hydroxylation is 2. The summed E-state index contributed by atoms with van der Waals surface area (Å²) in [4.78, 5) is 8.61. The standard InChI is InChI=1S/C16H17N5O2S/c1-12-10-13(2)19-16(18-12)21-15(8-9-17-21)20-24(22,23)11-14-6-4-3-5-7-14/h3-10,20H,11H2,1-2H3. The zero-order valence-corrected chi connectivity index (χ0v) is 14.2. The molecule has 0 radical (unpaired) electrons. The van der Waals surface area contributed by atoms with E-state index in [9.17, 15) is 8.42 Å². The van der Waals surface area contributed by atoms with Gasteiger partial charge in [0.2, 0.25) is 10.0 Å². The molecule has 2 aromatic heterocycles. The molecule has 3 rings (SSSR count). The van der Waals surface area contributed by atoms with Gasteiger partial charge in [-0.2, -0.15) is 9.78 Å². The summed E-state index contributed by atoms with van der Waals surface area (Å²) in [5.74, 6) is 0.512. The summed E-state index contributed by atoms with van der Waals surface area (Å²) in [5.41, 5.74) is 2.27. The summed E-state index contributed by atoms with van der Waals surface area (Å²) in [6.07, 6.45) is 1.50. The number of nitrogens with zero attached hydrogens (tertiary/aromatic N) is 4. The van der Waals surface area contributed by atoms with E-state index in [1.54, 1.807) is 30.3 Å². The average Bonchev–Trinajstić information content (AvgIpc) is 2.94. The highest BCUT2D eigenvalue weighted by Gasteiger charge is 2.16. The molecule has 124 valence electrons. The first-order valence-corrected chi connectivity index (χ1v) is 8.99. The van der Waals surface area contributed by atoms with Crippen LogP contribution in [-0.4, -0.2) is 28.2 Å². The molecule has 0 aliphatic heterocycles. The van der Waals surface area contributed by atoms with Gasteiger partial charge in [-0.3, -0.25) is 4.72 Å². The Morgan fingerprint density at radius 3 is 2.38 bits per heavy atom. The minimum absolute atomic E-state index is 0.118. The van der Waals surface area contributed by atoms with Gasteiger partial charge in [0, 0.05) is 17.5 Å². The molecule has 0 atom stereocenters. The Morgan fingerprint density at radius 1 is 1.04 bits per heavy atom. The van der Waals surface area contributed by atoms with Crippen molar-refractivity contribution in [2.24, 2.45) is 0 Å². The van der Waals surface area contributed by atoms with Crippen LogP contribution < -0.4 is 4.72 Å². The van der Waals surface area contributed by atoms with Crippen LogP contribution in [0.15, 0.2) is 48.7 Å². The molecule has 7 nitrogen and oxygen atoms in total. The number of benzene rings is 1. The largest absolute Gasteiger partial charge is 0.267 e. The van der Waals surface area contributed by atoms with Crippen molar-refractivity contribution in [1.29, 1.82) is 0 Å². The van der Waals surface area contributed by atoms with Crippen LogP contribution in [0, 0.1) is 13.8 Å². The van der Waals surface area contributed by atoms with Gasteiger partial charge < -0.3 is 0 Å². The topological polar surface area (TPSA) is 89.8 Å². The number of nitrogens with one attached hydrogen (secondary N) is 1. The molecule has 24 heavy (non-hydrogen) atoms. The molecule has 0 unspecified atom stereocenters. The van der Waals surface area contributed by atoms with Crippen LogP contribution in [0.1, 0.15) is 17.0 Å². The fraction of sp³-hybridized carbons (Fsp3) is 0.188. The van der Waals surface area contributed by atoms with Crippen molar-refractivity contribution in [2.75, 3.05) is 4.72 Å².